The molecular weight excluding hydrogens is 158 g/mol. The summed E-state index contributed by atoms with van der Waals surface area (Å²) in [5.41, 5.74) is 6.46. The van der Waals surface area contributed by atoms with Crippen LogP contribution in [0, 0.1) is 11.3 Å². The molecule has 0 aliphatic heterocycles. The summed E-state index contributed by atoms with van der Waals surface area (Å²) < 4.78 is 0. The van der Waals surface area contributed by atoms with Crippen LogP contribution in [0.4, 0.5) is 0 Å². The van der Waals surface area contributed by atoms with E-state index < -0.39 is 0 Å². The summed E-state index contributed by atoms with van der Waals surface area (Å²) in [5.74, 6) is 0.911. The molecule has 2 unspecified atom stereocenters. The molecule has 1 nitrogen and oxygen atoms in total. The van der Waals surface area contributed by atoms with E-state index in [1.807, 2.05) is 0 Å². The Labute approximate surface area is 83.1 Å². The van der Waals surface area contributed by atoms with Crippen LogP contribution < -0.4 is 5.73 Å². The molecule has 1 saturated carbocycles. The number of nitrogens with two attached hydrogens (primary N) is 1. The van der Waals surface area contributed by atoms with Gasteiger partial charge >= 0.3 is 0 Å². The summed E-state index contributed by atoms with van der Waals surface area (Å²) in [6.07, 6.45) is 9.64. The highest BCUT2D eigenvalue weighted by atomic mass is 14.6. The zero-order valence-electron chi connectivity index (χ0n) is 9.31. The van der Waals surface area contributed by atoms with Crippen LogP contribution in [0.3, 0.4) is 0 Å². The average Bonchev–Trinajstić information content (AvgIpc) is 2.15. The second-order valence-corrected chi connectivity index (χ2v) is 5.01. The van der Waals surface area contributed by atoms with Gasteiger partial charge < -0.3 is 5.73 Å². The van der Waals surface area contributed by atoms with Gasteiger partial charge in [-0.15, -0.1) is 0 Å². The molecule has 0 bridgehead atoms. The van der Waals surface area contributed by atoms with Gasteiger partial charge in [0.15, 0.2) is 0 Å². The Hall–Kier alpha value is -0.0400. The zero-order chi connectivity index (χ0) is 9.73. The van der Waals surface area contributed by atoms with Crippen LogP contribution in [0.2, 0.25) is 0 Å². The van der Waals surface area contributed by atoms with Crippen LogP contribution in [0.1, 0.15) is 58.8 Å². The maximum absolute atomic E-state index is 5.94. The quantitative estimate of drug-likeness (QED) is 0.711. The van der Waals surface area contributed by atoms with Crippen molar-refractivity contribution in [2.45, 2.75) is 58.8 Å². The van der Waals surface area contributed by atoms with Gasteiger partial charge in [0.05, 0.1) is 0 Å². The van der Waals surface area contributed by atoms with Gasteiger partial charge in [0.2, 0.25) is 0 Å². The minimum atomic E-state index is 0.522. The number of hydrogen-bond acceptors (Lipinski definition) is 1. The maximum Gasteiger partial charge on any atom is -0.00204 e. The largest absolute Gasteiger partial charge is 0.330 e. The summed E-state index contributed by atoms with van der Waals surface area (Å²) in [4.78, 5) is 0. The van der Waals surface area contributed by atoms with E-state index in [9.17, 15) is 0 Å². The Kier molecular flexibility index (Phi) is 4.24. The second-order valence-electron chi connectivity index (χ2n) is 5.01. The number of unbranched alkanes of at least 4 members (excludes halogenated alkanes) is 1. The third-order valence-corrected chi connectivity index (χ3v) is 3.68. The summed E-state index contributed by atoms with van der Waals surface area (Å²) in [6, 6.07) is 0. The van der Waals surface area contributed by atoms with Crippen LogP contribution in [0.25, 0.3) is 0 Å². The summed E-state index contributed by atoms with van der Waals surface area (Å²) in [7, 11) is 0. The fourth-order valence-electron chi connectivity index (χ4n) is 2.84. The van der Waals surface area contributed by atoms with Gasteiger partial charge in [-0.2, -0.15) is 0 Å². The first-order chi connectivity index (χ1) is 6.22. The van der Waals surface area contributed by atoms with Gasteiger partial charge in [-0.1, -0.05) is 39.5 Å². The Bertz CT molecular complexity index is 144. The molecule has 78 valence electrons. The molecular formula is C12H25N. The van der Waals surface area contributed by atoms with Crippen LogP contribution >= 0.6 is 0 Å². The molecule has 0 amide bonds. The lowest BCUT2D eigenvalue weighted by molar-refractivity contribution is 0.138. The zero-order valence-corrected chi connectivity index (χ0v) is 9.31. The fraction of sp³-hybridized carbons (Fsp3) is 1.00. The van der Waals surface area contributed by atoms with Crippen molar-refractivity contribution in [2.75, 3.05) is 6.54 Å². The molecule has 1 rings (SSSR count). The van der Waals surface area contributed by atoms with Crippen molar-refractivity contribution >= 4 is 0 Å². The average molecular weight is 183 g/mol. The Morgan fingerprint density at radius 3 is 2.77 bits per heavy atom. The van der Waals surface area contributed by atoms with E-state index in [4.69, 9.17) is 5.73 Å². The van der Waals surface area contributed by atoms with Gasteiger partial charge in [0.25, 0.3) is 0 Å². The molecule has 1 aliphatic rings. The van der Waals surface area contributed by atoms with Gasteiger partial charge in [0.1, 0.15) is 0 Å². The molecule has 13 heavy (non-hydrogen) atoms. The Balaban J connectivity index is 2.46. The van der Waals surface area contributed by atoms with Crippen LogP contribution in [-0.2, 0) is 0 Å². The van der Waals surface area contributed by atoms with Gasteiger partial charge in [0, 0.05) is 0 Å². The van der Waals surface area contributed by atoms with Crippen molar-refractivity contribution < 1.29 is 0 Å². The topological polar surface area (TPSA) is 26.0 Å². The lowest BCUT2D eigenvalue weighted by Gasteiger charge is -2.39. The van der Waals surface area contributed by atoms with Crippen molar-refractivity contribution in [1.82, 2.24) is 0 Å². The lowest BCUT2D eigenvalue weighted by atomic mass is 9.67. The minimum Gasteiger partial charge on any atom is -0.330 e. The molecule has 0 saturated heterocycles. The van der Waals surface area contributed by atoms with E-state index >= 15 is 0 Å². The molecule has 0 aromatic rings. The molecule has 0 aromatic carbocycles. The van der Waals surface area contributed by atoms with Crippen molar-refractivity contribution in [3.05, 3.63) is 0 Å². The standard InChI is InChI=1S/C12H25N/c1-3-4-7-12(10-13)8-5-6-11(2)9-12/h11H,3-10,13H2,1-2H3. The van der Waals surface area contributed by atoms with Gasteiger partial charge in [-0.25, -0.2) is 0 Å². The first kappa shape index (κ1) is 11.0. The predicted molar refractivity (Wildman–Crippen MR) is 58.6 cm³/mol. The minimum absolute atomic E-state index is 0.522. The summed E-state index contributed by atoms with van der Waals surface area (Å²) in [6.45, 7) is 5.57. The fourth-order valence-corrected chi connectivity index (χ4v) is 2.84. The molecule has 2 atom stereocenters. The highest BCUT2D eigenvalue weighted by molar-refractivity contribution is 4.85. The third kappa shape index (κ3) is 2.98. The van der Waals surface area contributed by atoms with E-state index in [0.717, 1.165) is 12.5 Å². The van der Waals surface area contributed by atoms with Gasteiger partial charge in [-0.05, 0) is 37.1 Å². The van der Waals surface area contributed by atoms with Crippen molar-refractivity contribution in [1.29, 1.82) is 0 Å². The number of rotatable bonds is 4. The highest BCUT2D eigenvalue weighted by Gasteiger charge is 2.32. The SMILES string of the molecule is CCCCC1(CN)CCCC(C)C1. The van der Waals surface area contributed by atoms with Crippen LogP contribution in [0.5, 0.6) is 0 Å². The van der Waals surface area contributed by atoms with Crippen LogP contribution in [0.15, 0.2) is 0 Å². The van der Waals surface area contributed by atoms with E-state index in [0.29, 0.717) is 5.41 Å². The molecule has 2 N–H and O–H groups in total. The summed E-state index contributed by atoms with van der Waals surface area (Å²) in [5, 5.41) is 0. The molecule has 1 heteroatoms. The summed E-state index contributed by atoms with van der Waals surface area (Å²) >= 11 is 0. The second kappa shape index (κ2) is 4.99. The van der Waals surface area contributed by atoms with E-state index in [2.05, 4.69) is 13.8 Å². The predicted octanol–water partition coefficient (Wildman–Crippen LogP) is 3.33. The maximum atomic E-state index is 5.94. The molecule has 1 aliphatic carbocycles. The molecule has 0 heterocycles. The van der Waals surface area contributed by atoms with Gasteiger partial charge in [-0.3, -0.25) is 0 Å². The first-order valence-electron chi connectivity index (χ1n) is 5.92. The number of hydrogen-bond donors (Lipinski definition) is 1. The first-order valence-corrected chi connectivity index (χ1v) is 5.92. The normalized spacial score (nSPS) is 34.8. The highest BCUT2D eigenvalue weighted by Crippen LogP contribution is 2.42. The van der Waals surface area contributed by atoms with Crippen molar-refractivity contribution in [2.24, 2.45) is 17.1 Å². The Morgan fingerprint density at radius 2 is 2.23 bits per heavy atom. The van der Waals surface area contributed by atoms with E-state index in [1.54, 1.807) is 0 Å². The molecule has 0 aromatic heterocycles. The molecule has 1 fully saturated rings. The molecule has 0 spiro atoms. The van der Waals surface area contributed by atoms with Crippen LogP contribution in [-0.4, -0.2) is 6.54 Å². The van der Waals surface area contributed by atoms with E-state index in [-0.39, 0.29) is 0 Å². The van der Waals surface area contributed by atoms with E-state index in [1.165, 1.54) is 44.9 Å². The van der Waals surface area contributed by atoms with Crippen molar-refractivity contribution in [3.63, 3.8) is 0 Å². The third-order valence-electron chi connectivity index (χ3n) is 3.68. The van der Waals surface area contributed by atoms with Crippen molar-refractivity contribution in [3.8, 4) is 0 Å². The monoisotopic (exact) mass is 183 g/mol. The molecule has 0 radical (unpaired) electrons. The lowest BCUT2D eigenvalue weighted by Crippen LogP contribution is -2.35. The smallest absolute Gasteiger partial charge is 0.00204 e. The Morgan fingerprint density at radius 1 is 1.46 bits per heavy atom.